The smallest absolute Gasteiger partial charge is 0.319 e. The van der Waals surface area contributed by atoms with E-state index in [1.54, 1.807) is 23.1 Å². The number of fused-ring (bicyclic) bond motifs is 1. The molecule has 1 aliphatic heterocycles. The second-order valence-electron chi connectivity index (χ2n) is 10.9. The Labute approximate surface area is 209 Å². The van der Waals surface area contributed by atoms with Crippen LogP contribution in [0.15, 0.2) is 18.2 Å². The quantitative estimate of drug-likeness (QED) is 0.521. The minimum atomic E-state index is -0.313. The molecule has 1 aromatic carbocycles. The third-order valence-electron chi connectivity index (χ3n) is 7.64. The Bertz CT molecular complexity index is 884. The average molecular weight is 487 g/mol. The Morgan fingerprint density at radius 2 is 1.94 bits per heavy atom. The third kappa shape index (κ3) is 6.67. The summed E-state index contributed by atoms with van der Waals surface area (Å²) in [4.78, 5) is 30.5. The molecule has 2 fully saturated rings. The molecule has 8 nitrogen and oxygen atoms in total. The molecule has 0 unspecified atom stereocenters. The summed E-state index contributed by atoms with van der Waals surface area (Å²) >= 11 is 0. The zero-order valence-corrected chi connectivity index (χ0v) is 21.5. The zero-order valence-electron chi connectivity index (χ0n) is 21.5. The number of urea groups is 1. The van der Waals surface area contributed by atoms with Crippen molar-refractivity contribution in [1.82, 2.24) is 15.1 Å². The van der Waals surface area contributed by atoms with Crippen LogP contribution in [0.1, 0.15) is 69.2 Å². The fourth-order valence-corrected chi connectivity index (χ4v) is 5.27. The highest BCUT2D eigenvalue weighted by atomic mass is 16.5. The monoisotopic (exact) mass is 486 g/mol. The number of anilines is 1. The van der Waals surface area contributed by atoms with Gasteiger partial charge >= 0.3 is 6.03 Å². The number of para-hydroxylation sites is 1. The first kappa shape index (κ1) is 25.8. The number of benzene rings is 1. The molecule has 2 saturated carbocycles. The summed E-state index contributed by atoms with van der Waals surface area (Å²) in [6.45, 7) is 6.12. The zero-order chi connectivity index (χ0) is 24.9. The van der Waals surface area contributed by atoms with Gasteiger partial charge in [-0.1, -0.05) is 32.3 Å². The van der Waals surface area contributed by atoms with Gasteiger partial charge in [0.05, 0.1) is 23.9 Å². The molecule has 4 rings (SSSR count). The summed E-state index contributed by atoms with van der Waals surface area (Å²) in [5.41, 5.74) is 0.923. The van der Waals surface area contributed by atoms with Crippen molar-refractivity contribution in [3.05, 3.63) is 23.8 Å². The number of hydrogen-bond donors (Lipinski definition) is 3. The number of nitrogens with zero attached hydrogens (tertiary/aromatic N) is 2. The number of likely N-dealkylation sites (N-methyl/N-ethyl adjacent to an activating group) is 1. The minimum Gasteiger partial charge on any atom is -0.486 e. The van der Waals surface area contributed by atoms with Gasteiger partial charge in [0.1, 0.15) is 6.10 Å². The highest BCUT2D eigenvalue weighted by molar-refractivity contribution is 6.01. The van der Waals surface area contributed by atoms with Crippen molar-refractivity contribution in [2.75, 3.05) is 38.6 Å². The second-order valence-corrected chi connectivity index (χ2v) is 10.9. The van der Waals surface area contributed by atoms with Crippen molar-refractivity contribution >= 4 is 17.6 Å². The molecule has 8 heteroatoms. The Hall–Kier alpha value is -2.32. The van der Waals surface area contributed by atoms with Crippen LogP contribution < -0.4 is 15.4 Å². The Balaban J connectivity index is 1.59. The van der Waals surface area contributed by atoms with Gasteiger partial charge in [-0.05, 0) is 57.7 Å². The maximum atomic E-state index is 13.6. The molecule has 0 spiro atoms. The predicted molar refractivity (Wildman–Crippen MR) is 137 cm³/mol. The fourth-order valence-electron chi connectivity index (χ4n) is 5.27. The van der Waals surface area contributed by atoms with E-state index in [0.29, 0.717) is 23.5 Å². The minimum absolute atomic E-state index is 0.0480. The molecule has 0 bridgehead atoms. The summed E-state index contributed by atoms with van der Waals surface area (Å²) in [5.74, 6) is 1.05. The number of hydrogen-bond acceptors (Lipinski definition) is 5. The van der Waals surface area contributed by atoms with Gasteiger partial charge in [-0.2, -0.15) is 0 Å². The van der Waals surface area contributed by atoms with Crippen LogP contribution in [0.5, 0.6) is 5.75 Å². The Kier molecular flexibility index (Phi) is 8.55. The molecule has 3 atom stereocenters. The maximum Gasteiger partial charge on any atom is 0.319 e. The van der Waals surface area contributed by atoms with Crippen LogP contribution in [0.3, 0.4) is 0 Å². The maximum absolute atomic E-state index is 13.6. The normalized spacial score (nSPS) is 24.3. The van der Waals surface area contributed by atoms with E-state index in [2.05, 4.69) is 29.5 Å². The number of rotatable bonds is 8. The van der Waals surface area contributed by atoms with Gasteiger partial charge in [0.2, 0.25) is 0 Å². The fraction of sp³-hybridized carbons (Fsp3) is 0.704. The van der Waals surface area contributed by atoms with Gasteiger partial charge in [-0.25, -0.2) is 4.79 Å². The predicted octanol–water partition coefficient (Wildman–Crippen LogP) is 3.70. The second kappa shape index (κ2) is 11.6. The molecule has 0 radical (unpaired) electrons. The molecule has 194 valence electrons. The lowest BCUT2D eigenvalue weighted by molar-refractivity contribution is 0.0346. The van der Waals surface area contributed by atoms with E-state index in [-0.39, 0.29) is 42.7 Å². The molecule has 1 aromatic rings. The first-order chi connectivity index (χ1) is 16.9. The lowest BCUT2D eigenvalue weighted by Gasteiger charge is -2.38. The Morgan fingerprint density at radius 3 is 2.63 bits per heavy atom. The first-order valence-corrected chi connectivity index (χ1v) is 13.3. The Morgan fingerprint density at radius 1 is 1.20 bits per heavy atom. The highest BCUT2D eigenvalue weighted by Crippen LogP contribution is 2.35. The van der Waals surface area contributed by atoms with Gasteiger partial charge in [0.25, 0.3) is 5.91 Å². The van der Waals surface area contributed by atoms with Gasteiger partial charge in [0.15, 0.2) is 5.75 Å². The van der Waals surface area contributed by atoms with E-state index >= 15 is 0 Å². The molecule has 35 heavy (non-hydrogen) atoms. The van der Waals surface area contributed by atoms with Crippen molar-refractivity contribution in [2.24, 2.45) is 11.8 Å². The van der Waals surface area contributed by atoms with Crippen LogP contribution in [0.4, 0.5) is 10.5 Å². The van der Waals surface area contributed by atoms with Gasteiger partial charge in [0, 0.05) is 31.6 Å². The lowest BCUT2D eigenvalue weighted by Crippen LogP contribution is -2.50. The van der Waals surface area contributed by atoms with E-state index < -0.39 is 0 Å². The van der Waals surface area contributed by atoms with Crippen LogP contribution in [-0.2, 0) is 0 Å². The summed E-state index contributed by atoms with van der Waals surface area (Å²) in [5, 5.41) is 15.9. The molecule has 3 amide bonds. The largest absolute Gasteiger partial charge is 0.486 e. The van der Waals surface area contributed by atoms with Gasteiger partial charge in [-0.3, -0.25) is 4.79 Å². The average Bonchev–Trinajstić information content (AvgIpc) is 3.65. The van der Waals surface area contributed by atoms with Gasteiger partial charge in [-0.15, -0.1) is 0 Å². The van der Waals surface area contributed by atoms with Gasteiger partial charge < -0.3 is 30.3 Å². The van der Waals surface area contributed by atoms with Crippen LogP contribution in [0.2, 0.25) is 0 Å². The number of carbonyl (C=O) groups is 2. The third-order valence-corrected chi connectivity index (χ3v) is 7.64. The molecule has 3 N–H and O–H groups in total. The molecular formula is C27H42N4O4. The van der Waals surface area contributed by atoms with Crippen LogP contribution in [0.25, 0.3) is 0 Å². The van der Waals surface area contributed by atoms with Crippen molar-refractivity contribution in [3.63, 3.8) is 0 Å². The van der Waals surface area contributed by atoms with E-state index in [1.807, 2.05) is 6.92 Å². The molecule has 0 saturated heterocycles. The standard InChI is InChI=1S/C27H42N4O4/c1-18-14-31(19(2)17-32)26(33)22-10-7-11-23(29-27(34)28-21-8-5-4-6-9-21)25(22)35-24(18)16-30(3)15-20-12-13-20/h7,10-11,18-21,24,32H,4-6,8-9,12-17H2,1-3H3,(H2,28,29,34)/t18-,19+,24-/m0/s1. The topological polar surface area (TPSA) is 94.1 Å². The molecular weight excluding hydrogens is 444 g/mol. The van der Waals surface area contributed by atoms with E-state index in [0.717, 1.165) is 44.7 Å². The number of aliphatic hydroxyl groups is 1. The van der Waals surface area contributed by atoms with E-state index in [4.69, 9.17) is 4.74 Å². The number of nitrogens with one attached hydrogen (secondary N) is 2. The van der Waals surface area contributed by atoms with E-state index in [1.165, 1.54) is 19.3 Å². The summed E-state index contributed by atoms with van der Waals surface area (Å²) < 4.78 is 6.58. The van der Waals surface area contributed by atoms with Crippen LogP contribution in [0, 0.1) is 11.8 Å². The lowest BCUT2D eigenvalue weighted by atomic mass is 9.96. The highest BCUT2D eigenvalue weighted by Gasteiger charge is 2.35. The summed E-state index contributed by atoms with van der Waals surface area (Å²) in [6.07, 6.45) is 7.89. The first-order valence-electron chi connectivity index (χ1n) is 13.3. The van der Waals surface area contributed by atoms with Crippen LogP contribution in [-0.4, -0.2) is 78.3 Å². The summed E-state index contributed by atoms with van der Waals surface area (Å²) in [6, 6.07) is 4.92. The van der Waals surface area contributed by atoms with Crippen molar-refractivity contribution < 1.29 is 19.4 Å². The van der Waals surface area contributed by atoms with Crippen molar-refractivity contribution in [3.8, 4) is 5.75 Å². The SMILES string of the molecule is C[C@H](CO)N1C[C@H](C)[C@H](CN(C)CC2CC2)Oc2c(NC(=O)NC3CCCCC3)cccc2C1=O. The number of amides is 3. The van der Waals surface area contributed by atoms with Crippen molar-refractivity contribution in [1.29, 1.82) is 0 Å². The summed E-state index contributed by atoms with van der Waals surface area (Å²) in [7, 11) is 2.12. The molecule has 1 heterocycles. The molecule has 0 aromatic heterocycles. The van der Waals surface area contributed by atoms with Crippen molar-refractivity contribution in [2.45, 2.75) is 77.0 Å². The molecule has 3 aliphatic rings. The number of aliphatic hydroxyl groups excluding tert-OH is 1. The van der Waals surface area contributed by atoms with E-state index in [9.17, 15) is 14.7 Å². The number of ether oxygens (including phenoxy) is 1. The number of carbonyl (C=O) groups excluding carboxylic acids is 2. The molecule has 2 aliphatic carbocycles. The van der Waals surface area contributed by atoms with Crippen LogP contribution >= 0.6 is 0 Å².